The van der Waals surface area contributed by atoms with Gasteiger partial charge in [0.25, 0.3) is 0 Å². The number of allylic oxidation sites excluding steroid dienone is 1. The van der Waals surface area contributed by atoms with E-state index in [1.165, 1.54) is 0 Å². The highest BCUT2D eigenvalue weighted by Gasteiger charge is 2.36. The molecule has 1 aliphatic heterocycles. The van der Waals surface area contributed by atoms with Crippen molar-refractivity contribution in [1.29, 1.82) is 0 Å². The Kier molecular flexibility index (Phi) is 5.83. The minimum Gasteiger partial charge on any atom is -0.491 e. The Balaban J connectivity index is 1.84. The molecule has 2 aliphatic rings. The van der Waals surface area contributed by atoms with Crippen molar-refractivity contribution in [2.75, 3.05) is 20.1 Å². The van der Waals surface area contributed by atoms with Crippen molar-refractivity contribution >= 4 is 0 Å². The SMILES string of the molecule is CN1CCC(OC2=CCC(C)(NOC(C)(C)C(C)(C)C)C=C2)CC1. The number of hydroxylamine groups is 1. The molecule has 4 nitrogen and oxygen atoms in total. The van der Waals surface area contributed by atoms with Gasteiger partial charge in [-0.05, 0) is 64.6 Å². The molecule has 138 valence electrons. The fourth-order valence-corrected chi connectivity index (χ4v) is 2.57. The van der Waals surface area contributed by atoms with Crippen molar-refractivity contribution in [2.24, 2.45) is 5.41 Å². The normalized spacial score (nSPS) is 27.2. The first-order chi connectivity index (χ1) is 11.0. The number of ether oxygens (including phenoxy) is 1. The van der Waals surface area contributed by atoms with Crippen molar-refractivity contribution < 1.29 is 9.57 Å². The first kappa shape index (κ1) is 19.5. The van der Waals surface area contributed by atoms with Crippen LogP contribution in [0.5, 0.6) is 0 Å². The monoisotopic (exact) mass is 336 g/mol. The Morgan fingerprint density at radius 3 is 2.29 bits per heavy atom. The molecule has 1 heterocycles. The average Bonchev–Trinajstić information content (AvgIpc) is 2.49. The van der Waals surface area contributed by atoms with Gasteiger partial charge in [0.1, 0.15) is 11.9 Å². The number of nitrogens with zero attached hydrogens (tertiary/aromatic N) is 1. The molecule has 1 saturated heterocycles. The third kappa shape index (κ3) is 5.08. The van der Waals surface area contributed by atoms with E-state index >= 15 is 0 Å². The molecule has 24 heavy (non-hydrogen) atoms. The predicted molar refractivity (Wildman–Crippen MR) is 99.6 cm³/mol. The molecule has 0 aromatic rings. The molecule has 1 fully saturated rings. The van der Waals surface area contributed by atoms with E-state index in [1.54, 1.807) is 0 Å². The fraction of sp³-hybridized carbons (Fsp3) is 0.800. The highest BCUT2D eigenvalue weighted by Crippen LogP contribution is 2.33. The van der Waals surface area contributed by atoms with Crippen molar-refractivity contribution in [1.82, 2.24) is 10.4 Å². The molecule has 2 rings (SSSR count). The summed E-state index contributed by atoms with van der Waals surface area (Å²) in [6, 6.07) is 0. The first-order valence-corrected chi connectivity index (χ1v) is 9.21. The van der Waals surface area contributed by atoms with E-state index in [9.17, 15) is 0 Å². The van der Waals surface area contributed by atoms with Crippen LogP contribution in [0.1, 0.15) is 60.8 Å². The summed E-state index contributed by atoms with van der Waals surface area (Å²) >= 11 is 0. The fourth-order valence-electron chi connectivity index (χ4n) is 2.57. The van der Waals surface area contributed by atoms with Gasteiger partial charge >= 0.3 is 0 Å². The standard InChI is InChI=1S/C20H36N2O2/c1-18(2,3)19(4,5)24-21-20(6)12-8-16(9-13-20)23-17-10-14-22(7)15-11-17/h8-9,12,17,21H,10-11,13-15H2,1-7H3. The first-order valence-electron chi connectivity index (χ1n) is 9.21. The van der Waals surface area contributed by atoms with Gasteiger partial charge in [-0.25, -0.2) is 0 Å². The van der Waals surface area contributed by atoms with Crippen LogP contribution in [0.3, 0.4) is 0 Å². The van der Waals surface area contributed by atoms with Crippen molar-refractivity contribution in [3.05, 3.63) is 24.0 Å². The van der Waals surface area contributed by atoms with Crippen LogP contribution < -0.4 is 5.48 Å². The molecule has 1 aliphatic carbocycles. The van der Waals surface area contributed by atoms with E-state index in [0.29, 0.717) is 6.10 Å². The summed E-state index contributed by atoms with van der Waals surface area (Å²) in [6.45, 7) is 15.2. The van der Waals surface area contributed by atoms with Gasteiger partial charge in [0.2, 0.25) is 0 Å². The third-order valence-electron chi connectivity index (χ3n) is 5.66. The summed E-state index contributed by atoms with van der Waals surface area (Å²) in [5.41, 5.74) is 2.90. The Bertz CT molecular complexity index is 482. The van der Waals surface area contributed by atoms with E-state index in [0.717, 1.165) is 38.1 Å². The van der Waals surface area contributed by atoms with Gasteiger partial charge in [0, 0.05) is 13.1 Å². The van der Waals surface area contributed by atoms with Gasteiger partial charge in [0.15, 0.2) is 0 Å². The molecule has 1 N–H and O–H groups in total. The second-order valence-corrected chi connectivity index (χ2v) is 9.15. The van der Waals surface area contributed by atoms with Crippen molar-refractivity contribution in [3.8, 4) is 0 Å². The maximum Gasteiger partial charge on any atom is 0.115 e. The zero-order valence-corrected chi connectivity index (χ0v) is 16.6. The number of rotatable bonds is 5. The third-order valence-corrected chi connectivity index (χ3v) is 5.66. The lowest BCUT2D eigenvalue weighted by Gasteiger charge is -2.41. The second-order valence-electron chi connectivity index (χ2n) is 9.15. The van der Waals surface area contributed by atoms with Crippen LogP contribution in [0.25, 0.3) is 0 Å². The molecular formula is C20H36N2O2. The number of nitrogens with one attached hydrogen (secondary N) is 1. The number of hydrogen-bond acceptors (Lipinski definition) is 4. The lowest BCUT2D eigenvalue weighted by molar-refractivity contribution is -0.160. The van der Waals surface area contributed by atoms with Crippen LogP contribution in [0.15, 0.2) is 24.0 Å². The Morgan fingerprint density at radius 1 is 1.17 bits per heavy atom. The zero-order chi connectivity index (χ0) is 18.0. The maximum absolute atomic E-state index is 6.15. The van der Waals surface area contributed by atoms with E-state index in [1.807, 2.05) is 0 Å². The summed E-state index contributed by atoms with van der Waals surface area (Å²) in [4.78, 5) is 8.42. The molecule has 0 bridgehead atoms. The summed E-state index contributed by atoms with van der Waals surface area (Å²) < 4.78 is 6.15. The number of hydrogen-bond donors (Lipinski definition) is 1. The minimum absolute atomic E-state index is 0.0625. The predicted octanol–water partition coefficient (Wildman–Crippen LogP) is 4.05. The summed E-state index contributed by atoms with van der Waals surface area (Å²) in [5, 5.41) is 0. The van der Waals surface area contributed by atoms with Crippen LogP contribution in [0.4, 0.5) is 0 Å². The molecular weight excluding hydrogens is 300 g/mol. The zero-order valence-electron chi connectivity index (χ0n) is 16.6. The summed E-state index contributed by atoms with van der Waals surface area (Å²) in [5.74, 6) is 0.999. The maximum atomic E-state index is 6.15. The van der Waals surface area contributed by atoms with Gasteiger partial charge in [-0.1, -0.05) is 26.8 Å². The smallest absolute Gasteiger partial charge is 0.115 e. The summed E-state index contributed by atoms with van der Waals surface area (Å²) in [7, 11) is 2.17. The lowest BCUT2D eigenvalue weighted by Crippen LogP contribution is -2.50. The topological polar surface area (TPSA) is 33.7 Å². The lowest BCUT2D eigenvalue weighted by atomic mass is 9.79. The number of likely N-dealkylation sites (tertiary alicyclic amines) is 1. The van der Waals surface area contributed by atoms with E-state index in [2.05, 4.69) is 77.2 Å². The molecule has 0 radical (unpaired) electrons. The second kappa shape index (κ2) is 7.19. The molecule has 0 aromatic heterocycles. The largest absolute Gasteiger partial charge is 0.491 e. The van der Waals surface area contributed by atoms with Crippen LogP contribution in [-0.2, 0) is 9.57 Å². The summed E-state index contributed by atoms with van der Waals surface area (Å²) in [6.07, 6.45) is 9.87. The minimum atomic E-state index is -0.252. The Labute approximate surface area is 148 Å². The van der Waals surface area contributed by atoms with E-state index in [4.69, 9.17) is 9.57 Å². The molecule has 0 amide bonds. The highest BCUT2D eigenvalue weighted by atomic mass is 16.7. The molecule has 1 atom stereocenters. The van der Waals surface area contributed by atoms with Crippen LogP contribution in [0, 0.1) is 5.41 Å². The van der Waals surface area contributed by atoms with Gasteiger partial charge in [-0.15, -0.1) is 0 Å². The quantitative estimate of drug-likeness (QED) is 0.768. The van der Waals surface area contributed by atoms with Crippen LogP contribution in [-0.4, -0.2) is 42.3 Å². The molecule has 0 spiro atoms. The van der Waals surface area contributed by atoms with Crippen LogP contribution >= 0.6 is 0 Å². The average molecular weight is 337 g/mol. The van der Waals surface area contributed by atoms with Gasteiger partial charge in [-0.2, -0.15) is 5.48 Å². The van der Waals surface area contributed by atoms with E-state index in [-0.39, 0.29) is 16.6 Å². The van der Waals surface area contributed by atoms with Gasteiger partial charge in [0.05, 0.1) is 11.1 Å². The molecule has 4 heteroatoms. The van der Waals surface area contributed by atoms with Gasteiger partial charge < -0.3 is 9.64 Å². The molecule has 0 saturated carbocycles. The number of piperidine rings is 1. The molecule has 0 aromatic carbocycles. The van der Waals surface area contributed by atoms with Crippen molar-refractivity contribution in [3.63, 3.8) is 0 Å². The van der Waals surface area contributed by atoms with Crippen LogP contribution in [0.2, 0.25) is 0 Å². The van der Waals surface area contributed by atoms with Gasteiger partial charge in [-0.3, -0.25) is 4.84 Å². The van der Waals surface area contributed by atoms with E-state index < -0.39 is 0 Å². The Hall–Kier alpha value is -0.840. The highest BCUT2D eigenvalue weighted by molar-refractivity contribution is 5.24. The van der Waals surface area contributed by atoms with Crippen molar-refractivity contribution in [2.45, 2.75) is 78.0 Å². The molecule has 1 unspecified atom stereocenters. The Morgan fingerprint density at radius 2 is 1.79 bits per heavy atom.